The number of rotatable bonds is 5. The largest absolute Gasteiger partial charge is 0.444 e. The van der Waals surface area contributed by atoms with Crippen LogP contribution < -0.4 is 5.32 Å². The highest BCUT2D eigenvalue weighted by Crippen LogP contribution is 2.12. The van der Waals surface area contributed by atoms with Crippen LogP contribution >= 0.6 is 11.3 Å². The van der Waals surface area contributed by atoms with Gasteiger partial charge in [0.25, 0.3) is 0 Å². The minimum absolute atomic E-state index is 0.0152. The van der Waals surface area contributed by atoms with Crippen LogP contribution in [-0.4, -0.2) is 66.0 Å². The van der Waals surface area contributed by atoms with Crippen LogP contribution in [0.2, 0.25) is 0 Å². The van der Waals surface area contributed by atoms with Crippen LogP contribution in [0, 0.1) is 0 Å². The van der Waals surface area contributed by atoms with Gasteiger partial charge in [-0.3, -0.25) is 9.59 Å². The number of ether oxygens (including phenoxy) is 1. The minimum Gasteiger partial charge on any atom is -0.444 e. The lowest BCUT2D eigenvalue weighted by molar-refractivity contribution is -0.133. The highest BCUT2D eigenvalue weighted by atomic mass is 32.1. The Hall–Kier alpha value is -2.09. The van der Waals surface area contributed by atoms with Crippen LogP contribution in [0.15, 0.2) is 17.5 Å². The molecule has 150 valence electrons. The van der Waals surface area contributed by atoms with Gasteiger partial charge in [0.15, 0.2) is 0 Å². The predicted molar refractivity (Wildman–Crippen MR) is 105 cm³/mol. The van der Waals surface area contributed by atoms with E-state index >= 15 is 0 Å². The van der Waals surface area contributed by atoms with E-state index in [4.69, 9.17) is 4.74 Å². The number of hydrogen-bond acceptors (Lipinski definition) is 5. The maximum absolute atomic E-state index is 12.4. The Morgan fingerprint density at radius 2 is 1.78 bits per heavy atom. The lowest BCUT2D eigenvalue weighted by atomic mass is 10.2. The van der Waals surface area contributed by atoms with Crippen molar-refractivity contribution in [2.75, 3.05) is 32.7 Å². The summed E-state index contributed by atoms with van der Waals surface area (Å²) in [6.07, 6.45) is 0.895. The lowest BCUT2D eigenvalue weighted by Gasteiger charge is -2.23. The molecule has 0 radical (unpaired) electrons. The number of amides is 3. The third kappa shape index (κ3) is 7.58. The lowest BCUT2D eigenvalue weighted by Crippen LogP contribution is -2.39. The van der Waals surface area contributed by atoms with Gasteiger partial charge in [-0.05, 0) is 38.6 Å². The predicted octanol–water partition coefficient (Wildman–Crippen LogP) is 2.27. The molecule has 0 aromatic carbocycles. The zero-order valence-corrected chi connectivity index (χ0v) is 17.1. The first-order chi connectivity index (χ1) is 12.7. The van der Waals surface area contributed by atoms with Gasteiger partial charge in [0.2, 0.25) is 11.8 Å². The van der Waals surface area contributed by atoms with Gasteiger partial charge in [-0.25, -0.2) is 4.79 Å². The zero-order chi connectivity index (χ0) is 19.9. The molecule has 0 atom stereocenters. The molecule has 0 unspecified atom stereocenters. The van der Waals surface area contributed by atoms with Crippen molar-refractivity contribution < 1.29 is 19.1 Å². The quantitative estimate of drug-likeness (QED) is 0.829. The Balaban J connectivity index is 1.72. The second-order valence-electron chi connectivity index (χ2n) is 7.55. The number of alkyl carbamates (subject to hydrolysis) is 1. The average molecular weight is 396 g/mol. The summed E-state index contributed by atoms with van der Waals surface area (Å²) >= 11 is 1.58. The molecular formula is C19H29N3O4S. The van der Waals surface area contributed by atoms with E-state index in [0.717, 1.165) is 11.3 Å². The van der Waals surface area contributed by atoms with Crippen LogP contribution in [0.25, 0.3) is 0 Å². The van der Waals surface area contributed by atoms with Crippen molar-refractivity contribution in [1.29, 1.82) is 0 Å². The smallest absolute Gasteiger partial charge is 0.407 e. The molecule has 1 aromatic heterocycles. The molecule has 1 aliphatic heterocycles. The highest BCUT2D eigenvalue weighted by molar-refractivity contribution is 7.10. The maximum atomic E-state index is 12.4. The molecule has 0 saturated carbocycles. The summed E-state index contributed by atoms with van der Waals surface area (Å²) in [7, 11) is 0. The van der Waals surface area contributed by atoms with Crippen molar-refractivity contribution in [2.45, 2.75) is 45.6 Å². The average Bonchev–Trinajstić information content (AvgIpc) is 2.94. The number of nitrogens with one attached hydrogen (secondary N) is 1. The van der Waals surface area contributed by atoms with Gasteiger partial charge in [-0.15, -0.1) is 11.3 Å². The van der Waals surface area contributed by atoms with Crippen LogP contribution in [-0.2, 0) is 20.7 Å². The molecule has 2 heterocycles. The molecule has 1 aromatic rings. The summed E-state index contributed by atoms with van der Waals surface area (Å²) in [5, 5.41) is 4.57. The van der Waals surface area contributed by atoms with Crippen LogP contribution in [0.5, 0.6) is 0 Å². The molecule has 0 spiro atoms. The van der Waals surface area contributed by atoms with Crippen molar-refractivity contribution in [3.63, 3.8) is 0 Å². The summed E-state index contributed by atoms with van der Waals surface area (Å²) in [5.41, 5.74) is -0.558. The first-order valence-corrected chi connectivity index (χ1v) is 10.2. The second kappa shape index (κ2) is 9.73. The fourth-order valence-corrected chi connectivity index (χ4v) is 3.53. The third-order valence-electron chi connectivity index (χ3n) is 4.11. The summed E-state index contributed by atoms with van der Waals surface area (Å²) in [6.45, 7) is 8.00. The van der Waals surface area contributed by atoms with Gasteiger partial charge in [0, 0.05) is 44.0 Å². The molecule has 7 nitrogen and oxygen atoms in total. The van der Waals surface area contributed by atoms with Crippen molar-refractivity contribution in [3.8, 4) is 0 Å². The third-order valence-corrected chi connectivity index (χ3v) is 4.99. The van der Waals surface area contributed by atoms with Gasteiger partial charge in [0.1, 0.15) is 5.60 Å². The zero-order valence-electron chi connectivity index (χ0n) is 16.3. The van der Waals surface area contributed by atoms with Gasteiger partial charge < -0.3 is 19.9 Å². The van der Waals surface area contributed by atoms with Gasteiger partial charge in [-0.1, -0.05) is 6.07 Å². The molecule has 27 heavy (non-hydrogen) atoms. The minimum atomic E-state index is -0.558. The molecule has 1 saturated heterocycles. The Bertz CT molecular complexity index is 640. The summed E-state index contributed by atoms with van der Waals surface area (Å²) in [5.74, 6) is 0.0944. The molecule has 1 fully saturated rings. The molecule has 3 amide bonds. The van der Waals surface area contributed by atoms with Gasteiger partial charge >= 0.3 is 6.09 Å². The first-order valence-electron chi connectivity index (χ1n) is 9.29. The normalized spacial score (nSPS) is 15.2. The van der Waals surface area contributed by atoms with E-state index in [9.17, 15) is 14.4 Å². The maximum Gasteiger partial charge on any atom is 0.407 e. The fraction of sp³-hybridized carbons (Fsp3) is 0.632. The van der Waals surface area contributed by atoms with Gasteiger partial charge in [-0.2, -0.15) is 0 Å². The fourth-order valence-electron chi connectivity index (χ4n) is 2.83. The SMILES string of the molecule is CC(C)(C)OC(=O)NCCC(=O)N1CCCN(C(=O)Cc2cccs2)CC1. The number of hydrogen-bond donors (Lipinski definition) is 1. The molecular weight excluding hydrogens is 366 g/mol. The van der Waals surface area contributed by atoms with Crippen LogP contribution in [0.3, 0.4) is 0 Å². The number of carbonyl (C=O) groups excluding carboxylic acids is 3. The van der Waals surface area contributed by atoms with Crippen molar-refractivity contribution in [3.05, 3.63) is 22.4 Å². The number of thiophene rings is 1. The number of carbonyl (C=O) groups is 3. The summed E-state index contributed by atoms with van der Waals surface area (Å²) < 4.78 is 5.15. The van der Waals surface area contributed by atoms with E-state index in [-0.39, 0.29) is 24.8 Å². The van der Waals surface area contributed by atoms with Crippen LogP contribution in [0.4, 0.5) is 4.79 Å². The van der Waals surface area contributed by atoms with Crippen molar-refractivity contribution in [2.24, 2.45) is 0 Å². The molecule has 1 aliphatic rings. The van der Waals surface area contributed by atoms with Crippen LogP contribution in [0.1, 0.15) is 38.5 Å². The second-order valence-corrected chi connectivity index (χ2v) is 8.58. The Kier molecular flexibility index (Phi) is 7.65. The van der Waals surface area contributed by atoms with Gasteiger partial charge in [0.05, 0.1) is 6.42 Å². The molecule has 2 rings (SSSR count). The standard InChI is InChI=1S/C19H29N3O4S/c1-19(2,3)26-18(25)20-8-7-16(23)21-9-5-10-22(12-11-21)17(24)14-15-6-4-13-27-15/h4,6,13H,5,7-12,14H2,1-3H3,(H,20,25). The van der Waals surface area contributed by atoms with E-state index in [1.807, 2.05) is 22.4 Å². The van der Waals surface area contributed by atoms with E-state index in [1.165, 1.54) is 0 Å². The van der Waals surface area contributed by atoms with Crippen molar-refractivity contribution >= 4 is 29.2 Å². The Morgan fingerprint density at radius 1 is 1.11 bits per heavy atom. The molecule has 0 aliphatic carbocycles. The number of nitrogens with zero attached hydrogens (tertiary/aromatic N) is 2. The van der Waals surface area contributed by atoms with E-state index in [2.05, 4.69) is 5.32 Å². The van der Waals surface area contributed by atoms with E-state index in [1.54, 1.807) is 37.0 Å². The monoisotopic (exact) mass is 395 g/mol. The summed E-state index contributed by atoms with van der Waals surface area (Å²) in [6, 6.07) is 3.91. The molecule has 0 bridgehead atoms. The molecule has 8 heteroatoms. The summed E-state index contributed by atoms with van der Waals surface area (Å²) in [4.78, 5) is 41.1. The Morgan fingerprint density at radius 3 is 2.37 bits per heavy atom. The van der Waals surface area contributed by atoms with E-state index in [0.29, 0.717) is 32.6 Å². The van der Waals surface area contributed by atoms with Crippen molar-refractivity contribution in [1.82, 2.24) is 15.1 Å². The Labute approximate surface area is 164 Å². The first kappa shape index (κ1) is 21.2. The topological polar surface area (TPSA) is 79.0 Å². The van der Waals surface area contributed by atoms with E-state index < -0.39 is 11.7 Å². The highest BCUT2D eigenvalue weighted by Gasteiger charge is 2.22. The molecule has 1 N–H and O–H groups in total.